The minimum Gasteiger partial charge on any atom is -0.395 e. The van der Waals surface area contributed by atoms with Gasteiger partial charge >= 0.3 is 0 Å². The summed E-state index contributed by atoms with van der Waals surface area (Å²) in [6.45, 7) is 4.23. The van der Waals surface area contributed by atoms with Gasteiger partial charge in [0.25, 0.3) is 5.91 Å². The molecule has 112 valence electrons. The van der Waals surface area contributed by atoms with Crippen LogP contribution in [0.25, 0.3) is 10.1 Å². The molecular weight excluding hydrogens is 284 g/mol. The van der Waals surface area contributed by atoms with E-state index in [1.165, 1.54) is 0 Å². The molecule has 4 nitrogen and oxygen atoms in total. The molecule has 3 rings (SSSR count). The maximum Gasteiger partial charge on any atom is 0.264 e. The van der Waals surface area contributed by atoms with E-state index in [2.05, 4.69) is 11.0 Å². The number of nitrogens with zero attached hydrogens (tertiary/aromatic N) is 2. The SMILES string of the molecule is O=C(c1cc2ccccc2s1)N1CCCN(CCO)CC1. The standard InChI is InChI=1S/C16H20N2O2S/c19-11-10-17-6-3-7-18(9-8-17)16(20)15-12-13-4-1-2-5-14(13)21-15/h1-2,4-5,12,19H,3,6-11H2. The van der Waals surface area contributed by atoms with Gasteiger partial charge in [-0.3, -0.25) is 9.69 Å². The number of rotatable bonds is 3. The predicted molar refractivity (Wildman–Crippen MR) is 85.9 cm³/mol. The van der Waals surface area contributed by atoms with E-state index in [1.54, 1.807) is 11.3 Å². The molecule has 1 aliphatic rings. The Morgan fingerprint density at radius 1 is 1.19 bits per heavy atom. The Hall–Kier alpha value is -1.43. The molecular formula is C16H20N2O2S. The minimum absolute atomic E-state index is 0.141. The molecule has 0 atom stereocenters. The summed E-state index contributed by atoms with van der Waals surface area (Å²) in [5.41, 5.74) is 0. The monoisotopic (exact) mass is 304 g/mol. The Bertz CT molecular complexity index is 593. The third kappa shape index (κ3) is 3.26. The zero-order valence-corrected chi connectivity index (χ0v) is 12.8. The zero-order chi connectivity index (χ0) is 14.7. The van der Waals surface area contributed by atoms with Gasteiger partial charge in [0.2, 0.25) is 0 Å². The van der Waals surface area contributed by atoms with Crippen LogP contribution >= 0.6 is 11.3 Å². The smallest absolute Gasteiger partial charge is 0.264 e. The fourth-order valence-corrected chi connectivity index (χ4v) is 3.81. The predicted octanol–water partition coefficient (Wildman–Crippen LogP) is 2.04. The molecule has 1 amide bonds. The molecule has 0 aliphatic carbocycles. The number of fused-ring (bicyclic) bond motifs is 1. The summed E-state index contributed by atoms with van der Waals surface area (Å²) in [5.74, 6) is 0.141. The Balaban J connectivity index is 1.72. The quantitative estimate of drug-likeness (QED) is 0.944. The van der Waals surface area contributed by atoms with Gasteiger partial charge in [-0.15, -0.1) is 11.3 Å². The van der Waals surface area contributed by atoms with E-state index < -0.39 is 0 Å². The average molecular weight is 304 g/mol. The lowest BCUT2D eigenvalue weighted by Gasteiger charge is -2.20. The van der Waals surface area contributed by atoms with Crippen LogP contribution in [0.15, 0.2) is 30.3 Å². The Labute approximate surface area is 128 Å². The molecule has 21 heavy (non-hydrogen) atoms. The van der Waals surface area contributed by atoms with Crippen LogP contribution in [0.1, 0.15) is 16.1 Å². The van der Waals surface area contributed by atoms with Crippen molar-refractivity contribution < 1.29 is 9.90 Å². The summed E-state index contributed by atoms with van der Waals surface area (Å²) < 4.78 is 1.16. The highest BCUT2D eigenvalue weighted by Gasteiger charge is 2.21. The maximum absolute atomic E-state index is 12.7. The minimum atomic E-state index is 0.141. The molecule has 1 aromatic heterocycles. The molecule has 2 heterocycles. The second kappa shape index (κ2) is 6.56. The van der Waals surface area contributed by atoms with Gasteiger partial charge in [-0.25, -0.2) is 0 Å². The lowest BCUT2D eigenvalue weighted by atomic mass is 10.2. The first kappa shape index (κ1) is 14.5. The largest absolute Gasteiger partial charge is 0.395 e. The van der Waals surface area contributed by atoms with Gasteiger partial charge in [0.05, 0.1) is 11.5 Å². The number of aliphatic hydroxyl groups is 1. The van der Waals surface area contributed by atoms with Crippen LogP contribution in [0.3, 0.4) is 0 Å². The van der Waals surface area contributed by atoms with Crippen LogP contribution in [-0.4, -0.2) is 60.1 Å². The van der Waals surface area contributed by atoms with Crippen LogP contribution in [0.5, 0.6) is 0 Å². The van der Waals surface area contributed by atoms with Gasteiger partial charge in [-0.05, 0) is 30.5 Å². The normalized spacial score (nSPS) is 17.1. The molecule has 1 aliphatic heterocycles. The van der Waals surface area contributed by atoms with Crippen LogP contribution < -0.4 is 0 Å². The second-order valence-electron chi connectivity index (χ2n) is 5.36. The van der Waals surface area contributed by atoms with Crippen LogP contribution in [0.2, 0.25) is 0 Å². The number of amides is 1. The van der Waals surface area contributed by atoms with Crippen molar-refractivity contribution in [2.24, 2.45) is 0 Å². The van der Waals surface area contributed by atoms with Crippen LogP contribution in [-0.2, 0) is 0 Å². The first-order valence-electron chi connectivity index (χ1n) is 7.39. The van der Waals surface area contributed by atoms with E-state index in [0.717, 1.165) is 47.6 Å². The van der Waals surface area contributed by atoms with Crippen LogP contribution in [0.4, 0.5) is 0 Å². The molecule has 5 heteroatoms. The van der Waals surface area contributed by atoms with E-state index in [-0.39, 0.29) is 12.5 Å². The van der Waals surface area contributed by atoms with Gasteiger partial charge in [-0.1, -0.05) is 18.2 Å². The molecule has 1 aromatic carbocycles. The number of benzene rings is 1. The number of thiophene rings is 1. The number of carbonyl (C=O) groups is 1. The lowest BCUT2D eigenvalue weighted by Crippen LogP contribution is -2.35. The Morgan fingerprint density at radius 2 is 2.05 bits per heavy atom. The fourth-order valence-electron chi connectivity index (χ4n) is 2.78. The topological polar surface area (TPSA) is 43.8 Å². The van der Waals surface area contributed by atoms with Crippen molar-refractivity contribution in [3.05, 3.63) is 35.2 Å². The first-order chi connectivity index (χ1) is 10.3. The molecule has 0 saturated carbocycles. The number of hydrogen-bond acceptors (Lipinski definition) is 4. The molecule has 2 aromatic rings. The highest BCUT2D eigenvalue weighted by Crippen LogP contribution is 2.26. The first-order valence-corrected chi connectivity index (χ1v) is 8.20. The summed E-state index contributed by atoms with van der Waals surface area (Å²) in [6, 6.07) is 10.1. The van der Waals surface area contributed by atoms with Gasteiger partial charge in [-0.2, -0.15) is 0 Å². The molecule has 1 N–H and O–H groups in total. The van der Waals surface area contributed by atoms with Gasteiger partial charge in [0, 0.05) is 30.9 Å². The molecule has 1 saturated heterocycles. The van der Waals surface area contributed by atoms with Gasteiger partial charge in [0.15, 0.2) is 0 Å². The number of hydrogen-bond donors (Lipinski definition) is 1. The number of aliphatic hydroxyl groups excluding tert-OH is 1. The van der Waals surface area contributed by atoms with Crippen molar-refractivity contribution in [3.8, 4) is 0 Å². The summed E-state index contributed by atoms with van der Waals surface area (Å²) in [6.07, 6.45) is 0.969. The summed E-state index contributed by atoms with van der Waals surface area (Å²) in [7, 11) is 0. The van der Waals surface area contributed by atoms with Crippen molar-refractivity contribution >= 4 is 27.3 Å². The summed E-state index contributed by atoms with van der Waals surface area (Å²) in [4.78, 5) is 17.6. The molecule has 0 unspecified atom stereocenters. The van der Waals surface area contributed by atoms with Crippen molar-refractivity contribution in [2.75, 3.05) is 39.3 Å². The zero-order valence-electron chi connectivity index (χ0n) is 12.0. The highest BCUT2D eigenvalue weighted by molar-refractivity contribution is 7.20. The Morgan fingerprint density at radius 3 is 2.86 bits per heavy atom. The summed E-state index contributed by atoms with van der Waals surface area (Å²) in [5, 5.41) is 10.2. The van der Waals surface area contributed by atoms with Crippen molar-refractivity contribution in [1.29, 1.82) is 0 Å². The Kier molecular flexibility index (Phi) is 4.53. The van der Waals surface area contributed by atoms with E-state index in [4.69, 9.17) is 5.11 Å². The molecule has 0 bridgehead atoms. The van der Waals surface area contributed by atoms with E-state index >= 15 is 0 Å². The van der Waals surface area contributed by atoms with Gasteiger partial charge in [0.1, 0.15) is 0 Å². The number of carbonyl (C=O) groups excluding carboxylic acids is 1. The molecule has 0 spiro atoms. The highest BCUT2D eigenvalue weighted by atomic mass is 32.1. The van der Waals surface area contributed by atoms with Crippen LogP contribution in [0, 0.1) is 0 Å². The van der Waals surface area contributed by atoms with Crippen molar-refractivity contribution in [2.45, 2.75) is 6.42 Å². The average Bonchev–Trinajstić information content (AvgIpc) is 2.80. The molecule has 0 radical (unpaired) electrons. The van der Waals surface area contributed by atoms with E-state index in [1.807, 2.05) is 29.2 Å². The fraction of sp³-hybridized carbons (Fsp3) is 0.438. The van der Waals surface area contributed by atoms with E-state index in [0.29, 0.717) is 6.54 Å². The second-order valence-corrected chi connectivity index (χ2v) is 6.44. The van der Waals surface area contributed by atoms with Gasteiger partial charge < -0.3 is 10.0 Å². The third-order valence-electron chi connectivity index (χ3n) is 3.93. The van der Waals surface area contributed by atoms with Crippen molar-refractivity contribution in [3.63, 3.8) is 0 Å². The van der Waals surface area contributed by atoms with E-state index in [9.17, 15) is 4.79 Å². The summed E-state index contributed by atoms with van der Waals surface area (Å²) >= 11 is 1.57. The molecule has 1 fully saturated rings. The lowest BCUT2D eigenvalue weighted by molar-refractivity contribution is 0.0765. The maximum atomic E-state index is 12.7. The van der Waals surface area contributed by atoms with Crippen molar-refractivity contribution in [1.82, 2.24) is 9.80 Å². The third-order valence-corrected chi connectivity index (χ3v) is 5.03. The number of β-amino-alcohol motifs (C(OH)–C–C–N with tert-alkyl or cyclic N) is 1.